The van der Waals surface area contributed by atoms with Gasteiger partial charge in [-0.15, -0.1) is 0 Å². The van der Waals surface area contributed by atoms with Crippen molar-refractivity contribution in [3.05, 3.63) is 53.8 Å². The summed E-state index contributed by atoms with van der Waals surface area (Å²) in [7, 11) is -3.93. The third-order valence-electron chi connectivity index (χ3n) is 4.66. The minimum absolute atomic E-state index is 0.0837. The predicted octanol–water partition coefficient (Wildman–Crippen LogP) is 2.81. The minimum atomic E-state index is -3.93. The molecule has 1 atom stereocenters. The SMILES string of the molecule is CCN(Cc1cccc2c1OCCO2)C(=O)C(C)S(=O)(=O)c1ccc(F)cc1. The standard InChI is InChI=1S/C20H22FNO5S/c1-3-22(13-15-5-4-6-18-19(15)27-12-11-26-18)20(23)14(2)28(24,25)17-9-7-16(21)8-10-17/h4-10,14H,3,11-13H2,1-2H3. The number of amides is 1. The smallest absolute Gasteiger partial charge is 0.241 e. The van der Waals surface area contributed by atoms with Crippen LogP contribution in [0.1, 0.15) is 19.4 Å². The molecule has 8 heteroatoms. The van der Waals surface area contributed by atoms with E-state index in [0.717, 1.165) is 17.7 Å². The second-order valence-corrected chi connectivity index (χ2v) is 8.70. The van der Waals surface area contributed by atoms with Gasteiger partial charge in [-0.1, -0.05) is 12.1 Å². The maximum Gasteiger partial charge on any atom is 0.241 e. The fraction of sp³-hybridized carbons (Fsp3) is 0.350. The Morgan fingerprint density at radius 1 is 1.14 bits per heavy atom. The molecule has 0 aromatic heterocycles. The predicted molar refractivity (Wildman–Crippen MR) is 102 cm³/mol. The normalized spacial score (nSPS) is 14.4. The van der Waals surface area contributed by atoms with Gasteiger partial charge in [0, 0.05) is 18.7 Å². The molecule has 1 aliphatic heterocycles. The Balaban J connectivity index is 1.82. The van der Waals surface area contributed by atoms with Crippen LogP contribution >= 0.6 is 0 Å². The Kier molecular flexibility index (Phi) is 5.88. The highest BCUT2D eigenvalue weighted by Gasteiger charge is 2.33. The number of hydrogen-bond acceptors (Lipinski definition) is 5. The van der Waals surface area contributed by atoms with E-state index in [1.807, 2.05) is 6.07 Å². The van der Waals surface area contributed by atoms with Crippen LogP contribution in [0.4, 0.5) is 4.39 Å². The van der Waals surface area contributed by atoms with Crippen LogP contribution in [-0.2, 0) is 21.2 Å². The van der Waals surface area contributed by atoms with Crippen molar-refractivity contribution in [2.75, 3.05) is 19.8 Å². The van der Waals surface area contributed by atoms with Crippen molar-refractivity contribution in [2.24, 2.45) is 0 Å². The van der Waals surface area contributed by atoms with Crippen molar-refractivity contribution >= 4 is 15.7 Å². The molecule has 1 heterocycles. The summed E-state index contributed by atoms with van der Waals surface area (Å²) in [5, 5.41) is -1.30. The van der Waals surface area contributed by atoms with Gasteiger partial charge in [-0.2, -0.15) is 0 Å². The van der Waals surface area contributed by atoms with Gasteiger partial charge in [0.2, 0.25) is 5.91 Å². The third-order valence-corrected chi connectivity index (χ3v) is 6.72. The molecule has 0 fully saturated rings. The van der Waals surface area contributed by atoms with E-state index in [-0.39, 0.29) is 11.4 Å². The van der Waals surface area contributed by atoms with Gasteiger partial charge in [0.1, 0.15) is 24.3 Å². The summed E-state index contributed by atoms with van der Waals surface area (Å²) in [6, 6.07) is 9.89. The zero-order valence-corrected chi connectivity index (χ0v) is 16.5. The van der Waals surface area contributed by atoms with Crippen LogP contribution in [0.3, 0.4) is 0 Å². The number of nitrogens with zero attached hydrogens (tertiary/aromatic N) is 1. The topological polar surface area (TPSA) is 72.9 Å². The Labute approximate surface area is 163 Å². The van der Waals surface area contributed by atoms with Gasteiger partial charge < -0.3 is 14.4 Å². The Hall–Kier alpha value is -2.61. The second kappa shape index (κ2) is 8.18. The Bertz CT molecular complexity index is 959. The summed E-state index contributed by atoms with van der Waals surface area (Å²) in [5.74, 6) is 0.124. The fourth-order valence-corrected chi connectivity index (χ4v) is 4.37. The molecule has 0 saturated carbocycles. The molecule has 6 nitrogen and oxygen atoms in total. The maximum atomic E-state index is 13.1. The van der Waals surface area contributed by atoms with E-state index in [1.54, 1.807) is 19.1 Å². The van der Waals surface area contributed by atoms with Crippen molar-refractivity contribution < 1.29 is 27.1 Å². The first-order valence-corrected chi connectivity index (χ1v) is 10.5. The lowest BCUT2D eigenvalue weighted by Gasteiger charge is -2.27. The van der Waals surface area contributed by atoms with Crippen LogP contribution in [0.25, 0.3) is 0 Å². The zero-order chi connectivity index (χ0) is 20.3. The van der Waals surface area contributed by atoms with Crippen LogP contribution in [0.5, 0.6) is 11.5 Å². The molecular weight excluding hydrogens is 385 g/mol. The minimum Gasteiger partial charge on any atom is -0.486 e. The summed E-state index contributed by atoms with van der Waals surface area (Å²) in [6.45, 7) is 4.53. The summed E-state index contributed by atoms with van der Waals surface area (Å²) >= 11 is 0. The molecule has 2 aromatic carbocycles. The number of carbonyl (C=O) groups is 1. The summed E-state index contributed by atoms with van der Waals surface area (Å²) in [4.78, 5) is 14.3. The second-order valence-electron chi connectivity index (χ2n) is 6.43. The number of ether oxygens (including phenoxy) is 2. The van der Waals surface area contributed by atoms with E-state index in [2.05, 4.69) is 0 Å². The lowest BCUT2D eigenvalue weighted by Crippen LogP contribution is -2.41. The summed E-state index contributed by atoms with van der Waals surface area (Å²) in [6.07, 6.45) is 0. The lowest BCUT2D eigenvalue weighted by atomic mass is 10.1. The molecule has 0 radical (unpaired) electrons. The number of rotatable bonds is 6. The van der Waals surface area contributed by atoms with Gasteiger partial charge in [-0.3, -0.25) is 4.79 Å². The zero-order valence-electron chi connectivity index (χ0n) is 15.7. The van der Waals surface area contributed by atoms with E-state index in [4.69, 9.17) is 9.47 Å². The number of fused-ring (bicyclic) bond motifs is 1. The molecule has 0 saturated heterocycles. The Morgan fingerprint density at radius 2 is 1.82 bits per heavy atom. The summed E-state index contributed by atoms with van der Waals surface area (Å²) in [5.41, 5.74) is 0.749. The molecule has 1 aliphatic rings. The maximum absolute atomic E-state index is 13.1. The van der Waals surface area contributed by atoms with Gasteiger partial charge in [0.15, 0.2) is 21.3 Å². The van der Waals surface area contributed by atoms with Crippen molar-refractivity contribution in [2.45, 2.75) is 30.5 Å². The van der Waals surface area contributed by atoms with Crippen molar-refractivity contribution in [1.82, 2.24) is 4.90 Å². The average Bonchev–Trinajstić information content (AvgIpc) is 2.71. The number of hydrogen-bond donors (Lipinski definition) is 0. The van der Waals surface area contributed by atoms with Crippen LogP contribution < -0.4 is 9.47 Å². The number of benzene rings is 2. The Morgan fingerprint density at radius 3 is 2.50 bits per heavy atom. The van der Waals surface area contributed by atoms with Crippen molar-refractivity contribution in [3.63, 3.8) is 0 Å². The molecular formula is C20H22FNO5S. The first-order valence-electron chi connectivity index (χ1n) is 9.00. The van der Waals surface area contributed by atoms with E-state index in [1.165, 1.54) is 24.0 Å². The number of halogens is 1. The lowest BCUT2D eigenvalue weighted by molar-refractivity contribution is -0.130. The third kappa shape index (κ3) is 3.96. The molecule has 28 heavy (non-hydrogen) atoms. The van der Waals surface area contributed by atoms with E-state index >= 15 is 0 Å². The molecule has 1 unspecified atom stereocenters. The van der Waals surface area contributed by atoms with E-state index < -0.39 is 26.8 Å². The van der Waals surface area contributed by atoms with Crippen molar-refractivity contribution in [3.8, 4) is 11.5 Å². The first kappa shape index (κ1) is 20.1. The molecule has 0 aliphatic carbocycles. The van der Waals surface area contributed by atoms with Gasteiger partial charge in [-0.25, -0.2) is 12.8 Å². The van der Waals surface area contributed by atoms with Crippen molar-refractivity contribution in [1.29, 1.82) is 0 Å². The monoisotopic (exact) mass is 407 g/mol. The molecule has 2 aromatic rings. The van der Waals surface area contributed by atoms with Crippen LogP contribution in [0, 0.1) is 5.82 Å². The average molecular weight is 407 g/mol. The highest BCUT2D eigenvalue weighted by Crippen LogP contribution is 2.34. The first-order chi connectivity index (χ1) is 13.3. The fourth-order valence-electron chi connectivity index (χ4n) is 3.03. The van der Waals surface area contributed by atoms with Gasteiger partial charge in [-0.05, 0) is 44.2 Å². The van der Waals surface area contributed by atoms with Gasteiger partial charge in [0.05, 0.1) is 4.90 Å². The highest BCUT2D eigenvalue weighted by molar-refractivity contribution is 7.92. The van der Waals surface area contributed by atoms with Crippen LogP contribution in [-0.4, -0.2) is 44.2 Å². The largest absolute Gasteiger partial charge is 0.486 e. The molecule has 3 rings (SSSR count). The summed E-state index contributed by atoms with van der Waals surface area (Å²) < 4.78 is 49.9. The molecule has 0 bridgehead atoms. The van der Waals surface area contributed by atoms with Crippen LogP contribution in [0.15, 0.2) is 47.4 Å². The number of sulfone groups is 1. The highest BCUT2D eigenvalue weighted by atomic mass is 32.2. The van der Waals surface area contributed by atoms with E-state index in [9.17, 15) is 17.6 Å². The molecule has 0 N–H and O–H groups in total. The molecule has 1 amide bonds. The van der Waals surface area contributed by atoms with Gasteiger partial charge >= 0.3 is 0 Å². The molecule has 0 spiro atoms. The molecule has 150 valence electrons. The van der Waals surface area contributed by atoms with Gasteiger partial charge in [0.25, 0.3) is 0 Å². The van der Waals surface area contributed by atoms with Crippen LogP contribution in [0.2, 0.25) is 0 Å². The quantitative estimate of drug-likeness (QED) is 0.689. The number of para-hydroxylation sites is 1. The number of carbonyl (C=O) groups excluding carboxylic acids is 1. The van der Waals surface area contributed by atoms with E-state index in [0.29, 0.717) is 31.3 Å².